The summed E-state index contributed by atoms with van der Waals surface area (Å²) in [6.07, 6.45) is -3.71. The summed E-state index contributed by atoms with van der Waals surface area (Å²) >= 11 is 0. The summed E-state index contributed by atoms with van der Waals surface area (Å²) in [5, 5.41) is 3.23. The summed E-state index contributed by atoms with van der Waals surface area (Å²) in [4.78, 5) is 0. The molecule has 3 nitrogen and oxygen atoms in total. The van der Waals surface area contributed by atoms with E-state index in [2.05, 4.69) is 10.1 Å². The van der Waals surface area contributed by atoms with Gasteiger partial charge in [-0.3, -0.25) is 0 Å². The van der Waals surface area contributed by atoms with Gasteiger partial charge in [0.2, 0.25) is 0 Å². The lowest BCUT2D eigenvalue weighted by Crippen LogP contribution is -2.22. The predicted octanol–water partition coefficient (Wildman–Crippen LogP) is 3.31. The Morgan fingerprint density at radius 2 is 1.85 bits per heavy atom. The first-order valence-corrected chi connectivity index (χ1v) is 6.44. The molecule has 0 bridgehead atoms. The Kier molecular flexibility index (Phi) is 6.81. The van der Waals surface area contributed by atoms with E-state index in [9.17, 15) is 13.2 Å². The zero-order chi connectivity index (χ0) is 15.0. The number of methoxy groups -OCH3 is 1. The zero-order valence-electron chi connectivity index (χ0n) is 11.7. The van der Waals surface area contributed by atoms with Crippen LogP contribution in [0.3, 0.4) is 0 Å². The maximum atomic E-state index is 11.8. The second-order valence-corrected chi connectivity index (χ2v) is 4.47. The molecule has 0 amide bonds. The highest BCUT2D eigenvalue weighted by Crippen LogP contribution is 2.17. The molecule has 1 aromatic rings. The molecular weight excluding hydrogens is 271 g/mol. The van der Waals surface area contributed by atoms with Crippen molar-refractivity contribution in [2.75, 3.05) is 26.9 Å². The normalized spacial score (nSPS) is 13.2. The summed E-state index contributed by atoms with van der Waals surface area (Å²) in [7, 11) is 1.61. The molecular formula is C14H20F3NO2. The number of ether oxygens (including phenoxy) is 2. The van der Waals surface area contributed by atoms with Crippen LogP contribution in [0, 0.1) is 0 Å². The van der Waals surface area contributed by atoms with Gasteiger partial charge in [0.1, 0.15) is 12.4 Å². The van der Waals surface area contributed by atoms with Gasteiger partial charge in [0.15, 0.2) is 0 Å². The molecule has 1 N–H and O–H groups in total. The van der Waals surface area contributed by atoms with Gasteiger partial charge in [-0.05, 0) is 37.6 Å². The highest BCUT2D eigenvalue weighted by molar-refractivity contribution is 5.28. The van der Waals surface area contributed by atoms with Crippen LogP contribution in [-0.4, -0.2) is 33.0 Å². The second-order valence-electron chi connectivity index (χ2n) is 4.47. The fourth-order valence-electron chi connectivity index (χ4n) is 1.69. The fraction of sp³-hybridized carbons (Fsp3) is 0.571. The van der Waals surface area contributed by atoms with Gasteiger partial charge in [-0.15, -0.1) is 0 Å². The third-order valence-electron chi connectivity index (χ3n) is 2.80. The minimum atomic E-state index is -4.25. The second kappa shape index (κ2) is 8.11. The standard InChI is InChI=1S/C14H20F3NO2/c1-11(12-4-6-13(19-2)7-5-12)18-8-3-9-20-10-14(15,16)17/h4-7,11,18H,3,8-10H2,1-2H3/t11-/m1/s1. The van der Waals surface area contributed by atoms with Gasteiger partial charge in [-0.25, -0.2) is 0 Å². The summed E-state index contributed by atoms with van der Waals surface area (Å²) in [5.41, 5.74) is 1.10. The molecule has 0 radical (unpaired) electrons. The van der Waals surface area contributed by atoms with Crippen LogP contribution in [-0.2, 0) is 4.74 Å². The number of hydrogen-bond acceptors (Lipinski definition) is 3. The van der Waals surface area contributed by atoms with E-state index < -0.39 is 12.8 Å². The Morgan fingerprint density at radius 3 is 2.40 bits per heavy atom. The first kappa shape index (κ1) is 16.8. The van der Waals surface area contributed by atoms with E-state index >= 15 is 0 Å². The summed E-state index contributed by atoms with van der Waals surface area (Å²) in [6, 6.07) is 7.79. The molecule has 0 aliphatic rings. The van der Waals surface area contributed by atoms with Crippen molar-refractivity contribution in [3.8, 4) is 5.75 Å². The van der Waals surface area contributed by atoms with Crippen molar-refractivity contribution in [2.24, 2.45) is 0 Å². The highest BCUT2D eigenvalue weighted by atomic mass is 19.4. The number of nitrogens with one attached hydrogen (secondary N) is 1. The lowest BCUT2D eigenvalue weighted by Gasteiger charge is -2.15. The Balaban J connectivity index is 2.18. The average Bonchev–Trinajstić information content (AvgIpc) is 2.41. The monoisotopic (exact) mass is 291 g/mol. The predicted molar refractivity (Wildman–Crippen MR) is 70.9 cm³/mol. The van der Waals surface area contributed by atoms with E-state index in [1.807, 2.05) is 31.2 Å². The third kappa shape index (κ3) is 6.77. The Morgan fingerprint density at radius 1 is 1.20 bits per heavy atom. The molecule has 0 fully saturated rings. The van der Waals surface area contributed by atoms with Crippen LogP contribution >= 0.6 is 0 Å². The van der Waals surface area contributed by atoms with Gasteiger partial charge in [-0.2, -0.15) is 13.2 Å². The molecule has 20 heavy (non-hydrogen) atoms. The van der Waals surface area contributed by atoms with Crippen LogP contribution < -0.4 is 10.1 Å². The fourth-order valence-corrected chi connectivity index (χ4v) is 1.69. The maximum absolute atomic E-state index is 11.8. The largest absolute Gasteiger partial charge is 0.497 e. The molecule has 1 atom stereocenters. The first-order valence-electron chi connectivity index (χ1n) is 6.44. The molecule has 1 rings (SSSR count). The number of alkyl halides is 3. The van der Waals surface area contributed by atoms with Crippen LogP contribution in [0.4, 0.5) is 13.2 Å². The number of hydrogen-bond donors (Lipinski definition) is 1. The van der Waals surface area contributed by atoms with Crippen LogP contribution in [0.1, 0.15) is 24.9 Å². The van der Waals surface area contributed by atoms with E-state index in [0.29, 0.717) is 13.0 Å². The van der Waals surface area contributed by atoms with Crippen LogP contribution in [0.15, 0.2) is 24.3 Å². The molecule has 0 unspecified atom stereocenters. The molecule has 0 saturated heterocycles. The Hall–Kier alpha value is -1.27. The molecule has 114 valence electrons. The summed E-state index contributed by atoms with van der Waals surface area (Å²) in [5.74, 6) is 0.793. The summed E-state index contributed by atoms with van der Waals surface area (Å²) < 4.78 is 45.1. The number of benzene rings is 1. The van der Waals surface area contributed by atoms with Crippen LogP contribution in [0.2, 0.25) is 0 Å². The molecule has 0 aliphatic carbocycles. The molecule has 0 saturated carbocycles. The Labute approximate surface area is 117 Å². The minimum absolute atomic E-state index is 0.0991. The molecule has 6 heteroatoms. The molecule has 0 aliphatic heterocycles. The quantitative estimate of drug-likeness (QED) is 0.745. The van der Waals surface area contributed by atoms with E-state index in [-0.39, 0.29) is 12.6 Å². The molecule has 1 aromatic carbocycles. The van der Waals surface area contributed by atoms with Gasteiger partial charge in [0.25, 0.3) is 0 Å². The van der Waals surface area contributed by atoms with Crippen molar-refractivity contribution >= 4 is 0 Å². The van der Waals surface area contributed by atoms with Crippen molar-refractivity contribution in [3.05, 3.63) is 29.8 Å². The molecule has 0 spiro atoms. The van der Waals surface area contributed by atoms with Gasteiger partial charge >= 0.3 is 6.18 Å². The lowest BCUT2D eigenvalue weighted by molar-refractivity contribution is -0.173. The van der Waals surface area contributed by atoms with Crippen molar-refractivity contribution in [2.45, 2.75) is 25.6 Å². The van der Waals surface area contributed by atoms with E-state index in [1.165, 1.54) is 0 Å². The minimum Gasteiger partial charge on any atom is -0.497 e. The Bertz CT molecular complexity index is 379. The van der Waals surface area contributed by atoms with E-state index in [4.69, 9.17) is 4.74 Å². The highest BCUT2D eigenvalue weighted by Gasteiger charge is 2.27. The smallest absolute Gasteiger partial charge is 0.411 e. The van der Waals surface area contributed by atoms with Gasteiger partial charge in [0, 0.05) is 12.6 Å². The summed E-state index contributed by atoms with van der Waals surface area (Å²) in [6.45, 7) is 1.52. The van der Waals surface area contributed by atoms with Gasteiger partial charge in [0.05, 0.1) is 7.11 Å². The van der Waals surface area contributed by atoms with Crippen molar-refractivity contribution in [1.29, 1.82) is 0 Å². The topological polar surface area (TPSA) is 30.5 Å². The van der Waals surface area contributed by atoms with E-state index in [0.717, 1.165) is 11.3 Å². The lowest BCUT2D eigenvalue weighted by atomic mass is 10.1. The third-order valence-corrected chi connectivity index (χ3v) is 2.80. The zero-order valence-corrected chi connectivity index (χ0v) is 11.7. The van der Waals surface area contributed by atoms with Crippen molar-refractivity contribution in [1.82, 2.24) is 5.32 Å². The average molecular weight is 291 g/mol. The first-order chi connectivity index (χ1) is 9.42. The van der Waals surface area contributed by atoms with Crippen molar-refractivity contribution < 1.29 is 22.6 Å². The van der Waals surface area contributed by atoms with E-state index in [1.54, 1.807) is 7.11 Å². The van der Waals surface area contributed by atoms with Crippen LogP contribution in [0.25, 0.3) is 0 Å². The maximum Gasteiger partial charge on any atom is 0.411 e. The SMILES string of the molecule is COc1ccc([C@@H](C)NCCCOCC(F)(F)F)cc1. The number of rotatable bonds is 8. The van der Waals surface area contributed by atoms with Crippen molar-refractivity contribution in [3.63, 3.8) is 0 Å². The van der Waals surface area contributed by atoms with Crippen LogP contribution in [0.5, 0.6) is 5.75 Å². The number of halogens is 3. The molecule has 0 aromatic heterocycles. The molecule has 0 heterocycles. The van der Waals surface area contributed by atoms with Gasteiger partial charge < -0.3 is 14.8 Å². The van der Waals surface area contributed by atoms with Gasteiger partial charge in [-0.1, -0.05) is 12.1 Å².